The second-order valence-electron chi connectivity index (χ2n) is 6.67. The monoisotopic (exact) mass is 367 g/mol. The molecule has 130 valence electrons. The van der Waals surface area contributed by atoms with Crippen molar-refractivity contribution in [3.05, 3.63) is 29.8 Å². The van der Waals surface area contributed by atoms with Gasteiger partial charge in [0, 0.05) is 58.5 Å². The zero-order valence-corrected chi connectivity index (χ0v) is 15.2. The van der Waals surface area contributed by atoms with Gasteiger partial charge in [-0.15, -0.1) is 0 Å². The van der Waals surface area contributed by atoms with Crippen LogP contribution in [0.2, 0.25) is 0 Å². The number of hydrogen-bond acceptors (Lipinski definition) is 5. The summed E-state index contributed by atoms with van der Waals surface area (Å²) in [6.45, 7) is 0.626. The van der Waals surface area contributed by atoms with Crippen LogP contribution in [0.15, 0.2) is 24.3 Å². The van der Waals surface area contributed by atoms with Gasteiger partial charge in [0.1, 0.15) is 15.6 Å². The van der Waals surface area contributed by atoms with E-state index in [1.54, 1.807) is 7.11 Å². The van der Waals surface area contributed by atoms with E-state index in [1.165, 1.54) is 0 Å². The van der Waals surface area contributed by atoms with Crippen LogP contribution in [0.25, 0.3) is 0 Å². The molecule has 7 heteroatoms. The van der Waals surface area contributed by atoms with Gasteiger partial charge in [-0.25, -0.2) is 0 Å². The molecule has 3 heterocycles. The number of carbonyl (C=O) groups is 1. The molecule has 2 bridgehead atoms. The van der Waals surface area contributed by atoms with Crippen molar-refractivity contribution in [2.24, 2.45) is 0 Å². The Morgan fingerprint density at radius 3 is 2.50 bits per heavy atom. The van der Waals surface area contributed by atoms with Crippen LogP contribution in [0.3, 0.4) is 0 Å². The lowest BCUT2D eigenvalue weighted by atomic mass is 10.0. The quantitative estimate of drug-likeness (QED) is 0.804. The van der Waals surface area contributed by atoms with Crippen molar-refractivity contribution < 1.29 is 17.9 Å². The summed E-state index contributed by atoms with van der Waals surface area (Å²) < 4.78 is 29.9. The first-order valence-corrected chi connectivity index (χ1v) is 10.9. The summed E-state index contributed by atoms with van der Waals surface area (Å²) in [5, 5.41) is 0. The fourth-order valence-corrected chi connectivity index (χ4v) is 9.41. The number of benzene rings is 1. The number of hydrogen-bond donors (Lipinski definition) is 0. The van der Waals surface area contributed by atoms with Gasteiger partial charge in [0.15, 0.2) is 0 Å². The van der Waals surface area contributed by atoms with Crippen LogP contribution in [0.4, 0.5) is 0 Å². The Morgan fingerprint density at radius 1 is 1.21 bits per heavy atom. The summed E-state index contributed by atoms with van der Waals surface area (Å²) in [6.07, 6.45) is 1.68. The van der Waals surface area contributed by atoms with Gasteiger partial charge in [0.25, 0.3) is 0 Å². The average molecular weight is 367 g/mol. The van der Waals surface area contributed by atoms with Crippen LogP contribution in [0.5, 0.6) is 5.75 Å². The van der Waals surface area contributed by atoms with Crippen LogP contribution in [-0.4, -0.2) is 53.9 Å². The zero-order chi connectivity index (χ0) is 16.9. The Labute approximate surface area is 146 Å². The molecular weight excluding hydrogens is 346 g/mol. The third-order valence-electron chi connectivity index (χ3n) is 5.57. The SMILES string of the molecule is COc1ccc(CN2[C@@H]3CC4([C@H]2CCC3=O)[S@](=O)CC[S@]4=O)cc1. The van der Waals surface area contributed by atoms with Crippen molar-refractivity contribution in [1.29, 1.82) is 0 Å². The highest BCUT2D eigenvalue weighted by Gasteiger charge is 2.64. The predicted octanol–water partition coefficient (Wildman–Crippen LogP) is 1.21. The van der Waals surface area contributed by atoms with E-state index in [2.05, 4.69) is 4.90 Å². The topological polar surface area (TPSA) is 63.7 Å². The number of fused-ring (bicyclic) bond motifs is 3. The molecule has 3 aliphatic heterocycles. The van der Waals surface area contributed by atoms with Crippen LogP contribution in [-0.2, 0) is 32.9 Å². The summed E-state index contributed by atoms with van der Waals surface area (Å²) in [6, 6.07) is 7.54. The number of piperidine rings is 1. The molecule has 24 heavy (non-hydrogen) atoms. The number of carbonyl (C=O) groups excluding carboxylic acids is 1. The van der Waals surface area contributed by atoms with Gasteiger partial charge in [-0.2, -0.15) is 0 Å². The third kappa shape index (κ3) is 2.32. The van der Waals surface area contributed by atoms with E-state index in [0.29, 0.717) is 37.3 Å². The summed E-state index contributed by atoms with van der Waals surface area (Å²) in [5.74, 6) is 2.00. The molecular formula is C17H21NO4S2. The lowest BCUT2D eigenvalue weighted by Gasteiger charge is -2.37. The van der Waals surface area contributed by atoms with Crippen molar-refractivity contribution in [2.75, 3.05) is 18.6 Å². The first-order valence-electron chi connectivity index (χ1n) is 8.24. The Bertz CT molecular complexity index is 702. The molecule has 0 aliphatic carbocycles. The van der Waals surface area contributed by atoms with Crippen LogP contribution in [0, 0.1) is 0 Å². The number of ketones is 1. The van der Waals surface area contributed by atoms with Gasteiger partial charge in [-0.3, -0.25) is 18.1 Å². The van der Waals surface area contributed by atoms with Gasteiger partial charge in [-0.05, 0) is 24.1 Å². The van der Waals surface area contributed by atoms with Crippen molar-refractivity contribution in [3.63, 3.8) is 0 Å². The Hall–Kier alpha value is -1.05. The number of ether oxygens (including phenoxy) is 1. The zero-order valence-electron chi connectivity index (χ0n) is 13.6. The van der Waals surface area contributed by atoms with E-state index in [-0.39, 0.29) is 17.9 Å². The molecule has 1 aromatic rings. The molecule has 3 aliphatic rings. The molecule has 3 fully saturated rings. The normalized spacial score (nSPS) is 34.8. The first kappa shape index (κ1) is 16.4. The van der Waals surface area contributed by atoms with Crippen molar-refractivity contribution in [2.45, 2.75) is 42.0 Å². The standard InChI is InChI=1S/C17H21NO4S2/c1-22-13-4-2-12(3-5-13)11-18-14-10-17(16(18)7-6-15(14)19)23(20)8-9-24(17)21/h2-5,14,16H,6-11H2,1H3/t14-,16-,23-,24-/m1/s1. The molecule has 0 radical (unpaired) electrons. The minimum Gasteiger partial charge on any atom is -0.497 e. The number of nitrogens with zero attached hydrogens (tertiary/aromatic N) is 1. The van der Waals surface area contributed by atoms with E-state index in [0.717, 1.165) is 11.3 Å². The highest BCUT2D eigenvalue weighted by molar-refractivity contribution is 8.07. The van der Waals surface area contributed by atoms with Gasteiger partial charge < -0.3 is 4.74 Å². The number of rotatable bonds is 3. The van der Waals surface area contributed by atoms with Crippen LogP contribution < -0.4 is 4.74 Å². The molecule has 4 rings (SSSR count). The lowest BCUT2D eigenvalue weighted by Crippen LogP contribution is -2.51. The van der Waals surface area contributed by atoms with Crippen molar-refractivity contribution >= 4 is 27.4 Å². The summed E-state index contributed by atoms with van der Waals surface area (Å²) in [5.41, 5.74) is 1.09. The Balaban J connectivity index is 1.66. The molecule has 1 aromatic carbocycles. The summed E-state index contributed by atoms with van der Waals surface area (Å²) in [7, 11) is -0.589. The van der Waals surface area contributed by atoms with E-state index < -0.39 is 25.7 Å². The molecule has 0 aromatic heterocycles. The first-order chi connectivity index (χ1) is 11.6. The number of methoxy groups -OCH3 is 1. The Morgan fingerprint density at radius 2 is 1.88 bits per heavy atom. The largest absolute Gasteiger partial charge is 0.497 e. The maximum Gasteiger partial charge on any atom is 0.150 e. The molecule has 0 saturated carbocycles. The number of Topliss-reactive ketones (excluding diaryl/α,β-unsaturated/α-hetero) is 1. The molecule has 5 nitrogen and oxygen atoms in total. The molecule has 1 spiro atoms. The third-order valence-corrected chi connectivity index (χ3v) is 10.5. The van der Waals surface area contributed by atoms with Gasteiger partial charge in [-0.1, -0.05) is 12.1 Å². The average Bonchev–Trinajstić information content (AvgIpc) is 3.00. The van der Waals surface area contributed by atoms with Gasteiger partial charge in [0.05, 0.1) is 13.2 Å². The second kappa shape index (κ2) is 6.04. The van der Waals surface area contributed by atoms with E-state index >= 15 is 0 Å². The summed E-state index contributed by atoms with van der Waals surface area (Å²) >= 11 is 0. The highest BCUT2D eigenvalue weighted by atomic mass is 32.3. The fraction of sp³-hybridized carbons (Fsp3) is 0.588. The molecule has 3 saturated heterocycles. The fourth-order valence-electron chi connectivity index (χ4n) is 4.37. The van der Waals surface area contributed by atoms with Crippen molar-refractivity contribution in [1.82, 2.24) is 4.90 Å². The maximum absolute atomic E-state index is 12.7. The smallest absolute Gasteiger partial charge is 0.150 e. The van der Waals surface area contributed by atoms with E-state index in [4.69, 9.17) is 4.74 Å². The lowest BCUT2D eigenvalue weighted by molar-refractivity contribution is -0.126. The molecule has 0 N–H and O–H groups in total. The van der Waals surface area contributed by atoms with Crippen LogP contribution >= 0.6 is 0 Å². The molecule has 4 atom stereocenters. The maximum atomic E-state index is 12.7. The minimum atomic E-state index is -1.11. The Kier molecular flexibility index (Phi) is 4.13. The minimum absolute atomic E-state index is 0.0218. The van der Waals surface area contributed by atoms with E-state index in [1.807, 2.05) is 24.3 Å². The predicted molar refractivity (Wildman–Crippen MR) is 93.7 cm³/mol. The van der Waals surface area contributed by atoms with Gasteiger partial charge in [0.2, 0.25) is 0 Å². The van der Waals surface area contributed by atoms with Crippen molar-refractivity contribution in [3.8, 4) is 5.75 Å². The second-order valence-corrected chi connectivity index (χ2v) is 10.6. The molecule has 0 amide bonds. The van der Waals surface area contributed by atoms with E-state index in [9.17, 15) is 13.2 Å². The van der Waals surface area contributed by atoms with Gasteiger partial charge >= 0.3 is 0 Å². The summed E-state index contributed by atoms with van der Waals surface area (Å²) in [4.78, 5) is 14.6. The van der Waals surface area contributed by atoms with Crippen LogP contribution in [0.1, 0.15) is 24.8 Å². The highest BCUT2D eigenvalue weighted by Crippen LogP contribution is 2.49. The molecule has 0 unspecified atom stereocenters.